The Morgan fingerprint density at radius 3 is 2.34 bits per heavy atom. The third-order valence-corrected chi connectivity index (χ3v) is 4.63. The molecule has 3 aromatic rings. The van der Waals surface area contributed by atoms with Crippen molar-refractivity contribution in [2.75, 3.05) is 0 Å². The fourth-order valence-corrected chi connectivity index (χ4v) is 3.13. The number of fused-ring (bicyclic) bond motifs is 1. The van der Waals surface area contributed by atoms with Crippen LogP contribution in [0, 0.1) is 5.92 Å². The molecule has 1 aliphatic carbocycles. The van der Waals surface area contributed by atoms with Crippen LogP contribution in [-0.4, -0.2) is 14.6 Å². The van der Waals surface area contributed by atoms with E-state index in [1.54, 1.807) is 37.4 Å². The average molecular weight is 426 g/mol. The topological polar surface area (TPSA) is 39.4 Å². The summed E-state index contributed by atoms with van der Waals surface area (Å²) in [6.07, 6.45) is -0.850. The van der Waals surface area contributed by atoms with Gasteiger partial charge in [-0.1, -0.05) is 32.0 Å². The summed E-state index contributed by atoms with van der Waals surface area (Å²) in [5.41, 5.74) is -0.883. The molecule has 0 radical (unpaired) electrons. The fourth-order valence-electron chi connectivity index (χ4n) is 3.13. The maximum atomic E-state index is 13.8. The maximum absolute atomic E-state index is 13.8. The summed E-state index contributed by atoms with van der Waals surface area (Å²) in [6, 6.07) is 10.3. The van der Waals surface area contributed by atoms with Gasteiger partial charge in [-0.25, -0.2) is 0 Å². The van der Waals surface area contributed by atoms with Crippen LogP contribution in [0.15, 0.2) is 42.6 Å². The minimum absolute atomic E-state index is 0. The van der Waals surface area contributed by atoms with Gasteiger partial charge in [-0.05, 0) is 43.9 Å². The highest BCUT2D eigenvalue weighted by molar-refractivity contribution is 7.59. The summed E-state index contributed by atoms with van der Waals surface area (Å²) < 4.78 is 48.6. The molecule has 0 unspecified atom stereocenters. The fraction of sp³-hybridized carbons (Fsp3) is 0.429. The van der Waals surface area contributed by atoms with Crippen LogP contribution in [0.5, 0.6) is 5.75 Å². The molecule has 0 saturated heterocycles. The van der Waals surface area contributed by atoms with Crippen molar-refractivity contribution in [2.45, 2.75) is 52.3 Å². The van der Waals surface area contributed by atoms with Crippen LogP contribution < -0.4 is 4.74 Å². The zero-order valence-corrected chi connectivity index (χ0v) is 17.7. The Labute approximate surface area is 175 Å². The van der Waals surface area contributed by atoms with E-state index in [9.17, 15) is 13.2 Å². The van der Waals surface area contributed by atoms with Gasteiger partial charge in [0.25, 0.3) is 0 Å². The van der Waals surface area contributed by atoms with Crippen LogP contribution >= 0.6 is 13.5 Å². The first kappa shape index (κ1) is 23.1. The van der Waals surface area contributed by atoms with Gasteiger partial charge < -0.3 is 4.74 Å². The first-order valence-corrected chi connectivity index (χ1v) is 9.59. The SMILES string of the molecule is CC.C[C@H](Oc1ccccc1)c1ccn2c(CC3CC3)nnc2c1C(F)(F)F.S. The van der Waals surface area contributed by atoms with E-state index in [-0.39, 0.29) is 24.7 Å². The van der Waals surface area contributed by atoms with Gasteiger partial charge >= 0.3 is 6.18 Å². The Balaban J connectivity index is 0.000000970. The number of halogens is 3. The summed E-state index contributed by atoms with van der Waals surface area (Å²) in [4.78, 5) is 0. The predicted octanol–water partition coefficient (Wildman–Crippen LogP) is 5.98. The van der Waals surface area contributed by atoms with E-state index in [1.165, 1.54) is 10.5 Å². The van der Waals surface area contributed by atoms with Gasteiger partial charge in [0.15, 0.2) is 5.65 Å². The summed E-state index contributed by atoms with van der Waals surface area (Å²) in [5.74, 6) is 1.61. The maximum Gasteiger partial charge on any atom is 0.420 e. The van der Waals surface area contributed by atoms with Gasteiger partial charge in [0.2, 0.25) is 0 Å². The third-order valence-electron chi connectivity index (χ3n) is 4.63. The molecule has 1 saturated carbocycles. The largest absolute Gasteiger partial charge is 0.486 e. The van der Waals surface area contributed by atoms with Crippen LogP contribution in [0.25, 0.3) is 5.65 Å². The first-order chi connectivity index (χ1) is 13.4. The first-order valence-electron chi connectivity index (χ1n) is 9.59. The van der Waals surface area contributed by atoms with Crippen molar-refractivity contribution in [1.82, 2.24) is 14.6 Å². The van der Waals surface area contributed by atoms with Gasteiger partial charge in [0.1, 0.15) is 23.2 Å². The second-order valence-electron chi connectivity index (χ2n) is 6.67. The molecular weight excluding hydrogens is 399 g/mol. The van der Waals surface area contributed by atoms with Gasteiger partial charge in [-0.15, -0.1) is 10.2 Å². The van der Waals surface area contributed by atoms with Gasteiger partial charge in [-0.2, -0.15) is 26.7 Å². The summed E-state index contributed by atoms with van der Waals surface area (Å²) in [5, 5.41) is 7.86. The Morgan fingerprint density at radius 1 is 1.10 bits per heavy atom. The molecule has 29 heavy (non-hydrogen) atoms. The number of benzene rings is 1. The molecule has 0 N–H and O–H groups in total. The lowest BCUT2D eigenvalue weighted by atomic mass is 10.0. The Morgan fingerprint density at radius 2 is 1.76 bits per heavy atom. The number of para-hydroxylation sites is 1. The minimum Gasteiger partial charge on any atom is -0.486 e. The van der Waals surface area contributed by atoms with Crippen molar-refractivity contribution in [3.05, 3.63) is 59.5 Å². The molecule has 2 aromatic heterocycles. The Kier molecular flexibility index (Phi) is 7.57. The standard InChI is InChI=1S/C19H18F3N3O.C2H6.H2S/c1-12(26-14-5-3-2-4-6-14)15-9-10-25-16(11-13-7-8-13)23-24-18(25)17(15)19(20,21)22;1-2;/h2-6,9-10,12-13H,7-8,11H2,1H3;1-2H3;1H2/t12-;;/m0../s1. The molecule has 2 heterocycles. The van der Waals surface area contributed by atoms with E-state index in [4.69, 9.17) is 4.74 Å². The number of rotatable bonds is 5. The Hall–Kier alpha value is -2.22. The van der Waals surface area contributed by atoms with E-state index in [1.807, 2.05) is 19.9 Å². The number of aromatic nitrogens is 3. The second-order valence-corrected chi connectivity index (χ2v) is 6.67. The number of ether oxygens (including phenoxy) is 1. The number of nitrogens with zero attached hydrogens (tertiary/aromatic N) is 3. The molecule has 0 spiro atoms. The van der Waals surface area contributed by atoms with Gasteiger partial charge in [-0.3, -0.25) is 4.40 Å². The number of hydrogen-bond donors (Lipinski definition) is 0. The lowest BCUT2D eigenvalue weighted by Crippen LogP contribution is -2.16. The molecular formula is C21H26F3N3OS. The van der Waals surface area contributed by atoms with Crippen LogP contribution in [0.4, 0.5) is 13.2 Å². The van der Waals surface area contributed by atoms with Crippen LogP contribution in [0.2, 0.25) is 0 Å². The molecule has 1 fully saturated rings. The highest BCUT2D eigenvalue weighted by Crippen LogP contribution is 2.39. The monoisotopic (exact) mass is 425 g/mol. The summed E-state index contributed by atoms with van der Waals surface area (Å²) >= 11 is 0. The highest BCUT2D eigenvalue weighted by Gasteiger charge is 2.39. The summed E-state index contributed by atoms with van der Waals surface area (Å²) in [6.45, 7) is 5.61. The van der Waals surface area contributed by atoms with Crippen LogP contribution in [-0.2, 0) is 12.6 Å². The summed E-state index contributed by atoms with van der Waals surface area (Å²) in [7, 11) is 0. The average Bonchev–Trinajstić information content (AvgIpc) is 3.41. The molecule has 8 heteroatoms. The lowest BCUT2D eigenvalue weighted by Gasteiger charge is -2.20. The van der Waals surface area contributed by atoms with E-state index < -0.39 is 17.8 Å². The van der Waals surface area contributed by atoms with Crippen molar-refractivity contribution in [1.29, 1.82) is 0 Å². The number of alkyl halides is 3. The minimum atomic E-state index is -4.55. The molecule has 1 aromatic carbocycles. The van der Waals surface area contributed by atoms with Crippen molar-refractivity contribution in [3.8, 4) is 5.75 Å². The number of hydrogen-bond acceptors (Lipinski definition) is 3. The molecule has 0 amide bonds. The van der Waals surface area contributed by atoms with Crippen molar-refractivity contribution in [2.24, 2.45) is 5.92 Å². The second kappa shape index (κ2) is 9.52. The molecule has 0 bridgehead atoms. The molecule has 1 atom stereocenters. The van der Waals surface area contributed by atoms with E-state index in [0.717, 1.165) is 12.8 Å². The van der Waals surface area contributed by atoms with E-state index in [0.29, 0.717) is 23.9 Å². The molecule has 4 rings (SSSR count). The zero-order valence-electron chi connectivity index (χ0n) is 16.7. The number of pyridine rings is 1. The van der Waals surface area contributed by atoms with Crippen LogP contribution in [0.3, 0.4) is 0 Å². The molecule has 4 nitrogen and oxygen atoms in total. The Bertz CT molecular complexity index is 924. The molecule has 158 valence electrons. The van der Waals surface area contributed by atoms with Crippen molar-refractivity contribution >= 4 is 19.1 Å². The van der Waals surface area contributed by atoms with E-state index in [2.05, 4.69) is 10.2 Å². The van der Waals surface area contributed by atoms with E-state index >= 15 is 0 Å². The van der Waals surface area contributed by atoms with Crippen molar-refractivity contribution in [3.63, 3.8) is 0 Å². The lowest BCUT2D eigenvalue weighted by molar-refractivity contribution is -0.138. The molecule has 1 aliphatic rings. The smallest absolute Gasteiger partial charge is 0.420 e. The zero-order chi connectivity index (χ0) is 20.3. The van der Waals surface area contributed by atoms with Gasteiger partial charge in [0.05, 0.1) is 0 Å². The quantitative estimate of drug-likeness (QED) is 0.505. The normalized spacial score (nSPS) is 14.6. The third kappa shape index (κ3) is 5.23. The molecule has 0 aliphatic heterocycles. The van der Waals surface area contributed by atoms with Crippen molar-refractivity contribution < 1.29 is 17.9 Å². The highest BCUT2D eigenvalue weighted by atomic mass is 32.1. The van der Waals surface area contributed by atoms with Crippen LogP contribution in [0.1, 0.15) is 56.7 Å². The van der Waals surface area contributed by atoms with Gasteiger partial charge in [0, 0.05) is 18.2 Å². The predicted molar refractivity (Wildman–Crippen MR) is 112 cm³/mol.